The van der Waals surface area contributed by atoms with Gasteiger partial charge in [-0.3, -0.25) is 4.79 Å². The number of rotatable bonds is 3. The quantitative estimate of drug-likeness (QED) is 0.699. The minimum absolute atomic E-state index is 0.230. The Hall–Kier alpha value is -0.610. The van der Waals surface area contributed by atoms with E-state index in [-0.39, 0.29) is 11.8 Å². The summed E-state index contributed by atoms with van der Waals surface area (Å²) in [5.74, 6) is 1.01. The first-order valence-corrected chi connectivity index (χ1v) is 5.92. The maximum absolute atomic E-state index is 11.8. The molecule has 2 saturated heterocycles. The first-order valence-electron chi connectivity index (χ1n) is 5.92. The van der Waals surface area contributed by atoms with Crippen LogP contribution in [0.5, 0.6) is 0 Å². The number of ether oxygens (including phenoxy) is 1. The second-order valence-corrected chi connectivity index (χ2v) is 4.50. The van der Waals surface area contributed by atoms with Crippen LogP contribution in [0.3, 0.4) is 0 Å². The summed E-state index contributed by atoms with van der Waals surface area (Å²) >= 11 is 0. The van der Waals surface area contributed by atoms with Gasteiger partial charge in [0.05, 0.1) is 6.61 Å². The second-order valence-electron chi connectivity index (χ2n) is 4.50. The minimum atomic E-state index is 0.230. The summed E-state index contributed by atoms with van der Waals surface area (Å²) in [7, 11) is 0. The molecule has 0 saturated carbocycles. The molecule has 2 rings (SSSR count). The number of amides is 1. The van der Waals surface area contributed by atoms with Crippen molar-refractivity contribution in [3.05, 3.63) is 0 Å². The van der Waals surface area contributed by atoms with Gasteiger partial charge < -0.3 is 15.4 Å². The van der Waals surface area contributed by atoms with Crippen LogP contribution < -0.4 is 10.6 Å². The Bertz CT molecular complexity index is 209. The van der Waals surface area contributed by atoms with E-state index in [1.165, 1.54) is 0 Å². The van der Waals surface area contributed by atoms with E-state index < -0.39 is 0 Å². The highest BCUT2D eigenvalue weighted by Crippen LogP contribution is 2.13. The molecule has 0 aromatic carbocycles. The van der Waals surface area contributed by atoms with Gasteiger partial charge in [-0.15, -0.1) is 0 Å². The largest absolute Gasteiger partial charge is 0.381 e. The van der Waals surface area contributed by atoms with Crippen LogP contribution in [0.2, 0.25) is 0 Å². The van der Waals surface area contributed by atoms with Crippen molar-refractivity contribution in [2.45, 2.75) is 19.3 Å². The topological polar surface area (TPSA) is 50.4 Å². The number of piperidine rings is 1. The van der Waals surface area contributed by atoms with E-state index >= 15 is 0 Å². The summed E-state index contributed by atoms with van der Waals surface area (Å²) in [6.45, 7) is 4.42. The Balaban J connectivity index is 1.66. The lowest BCUT2D eigenvalue weighted by molar-refractivity contribution is -0.125. The van der Waals surface area contributed by atoms with E-state index in [0.717, 1.165) is 52.1 Å². The fourth-order valence-corrected chi connectivity index (χ4v) is 2.22. The van der Waals surface area contributed by atoms with Gasteiger partial charge in [0.25, 0.3) is 0 Å². The lowest BCUT2D eigenvalue weighted by Crippen LogP contribution is -2.39. The van der Waals surface area contributed by atoms with Crippen molar-refractivity contribution in [2.75, 3.05) is 32.8 Å². The maximum Gasteiger partial charge on any atom is 0.223 e. The fourth-order valence-electron chi connectivity index (χ4n) is 2.22. The van der Waals surface area contributed by atoms with Crippen molar-refractivity contribution in [1.29, 1.82) is 0 Å². The molecule has 4 heteroatoms. The molecule has 0 bridgehead atoms. The monoisotopic (exact) mass is 212 g/mol. The molecule has 1 amide bonds. The van der Waals surface area contributed by atoms with E-state index in [9.17, 15) is 4.79 Å². The van der Waals surface area contributed by atoms with Gasteiger partial charge in [-0.25, -0.2) is 0 Å². The first kappa shape index (κ1) is 10.9. The first-order chi connectivity index (χ1) is 7.36. The Morgan fingerprint density at radius 2 is 2.13 bits per heavy atom. The van der Waals surface area contributed by atoms with Crippen molar-refractivity contribution < 1.29 is 9.53 Å². The third kappa shape index (κ3) is 3.18. The molecule has 0 radical (unpaired) electrons. The predicted octanol–water partition coefficient (Wildman–Crippen LogP) is 0.139. The summed E-state index contributed by atoms with van der Waals surface area (Å²) in [5.41, 5.74) is 0. The molecule has 1 unspecified atom stereocenters. The third-order valence-electron chi connectivity index (χ3n) is 3.30. The molecule has 0 aromatic rings. The SMILES string of the molecule is O=C(NCC1CCOC1)C1CCNCC1. The van der Waals surface area contributed by atoms with Gasteiger partial charge in [0.15, 0.2) is 0 Å². The second kappa shape index (κ2) is 5.47. The van der Waals surface area contributed by atoms with Gasteiger partial charge in [0.1, 0.15) is 0 Å². The summed E-state index contributed by atoms with van der Waals surface area (Å²) in [4.78, 5) is 11.8. The summed E-state index contributed by atoms with van der Waals surface area (Å²) in [5, 5.41) is 6.31. The molecule has 2 aliphatic heterocycles. The molecular weight excluding hydrogens is 192 g/mol. The maximum atomic E-state index is 11.8. The summed E-state index contributed by atoms with van der Waals surface area (Å²) in [6, 6.07) is 0. The van der Waals surface area contributed by atoms with Crippen molar-refractivity contribution in [2.24, 2.45) is 11.8 Å². The Morgan fingerprint density at radius 3 is 2.80 bits per heavy atom. The normalized spacial score (nSPS) is 27.9. The molecule has 0 aromatic heterocycles. The van der Waals surface area contributed by atoms with Crippen molar-refractivity contribution in [3.8, 4) is 0 Å². The van der Waals surface area contributed by atoms with Gasteiger partial charge in [-0.05, 0) is 32.4 Å². The van der Waals surface area contributed by atoms with E-state index in [2.05, 4.69) is 10.6 Å². The zero-order valence-electron chi connectivity index (χ0n) is 9.13. The molecule has 2 aliphatic rings. The highest BCUT2D eigenvalue weighted by molar-refractivity contribution is 5.78. The van der Waals surface area contributed by atoms with Crippen LogP contribution in [0.4, 0.5) is 0 Å². The van der Waals surface area contributed by atoms with Gasteiger partial charge in [-0.1, -0.05) is 0 Å². The standard InChI is InChI=1S/C11H20N2O2/c14-11(10-1-4-12-5-2-10)13-7-9-3-6-15-8-9/h9-10,12H,1-8H2,(H,13,14). The lowest BCUT2D eigenvalue weighted by Gasteiger charge is -2.22. The molecule has 0 aliphatic carbocycles. The Kier molecular flexibility index (Phi) is 3.97. The van der Waals surface area contributed by atoms with Crippen LogP contribution in [0, 0.1) is 11.8 Å². The van der Waals surface area contributed by atoms with E-state index in [0.29, 0.717) is 5.92 Å². The lowest BCUT2D eigenvalue weighted by atomic mass is 9.97. The molecule has 2 N–H and O–H groups in total. The van der Waals surface area contributed by atoms with Gasteiger partial charge >= 0.3 is 0 Å². The molecule has 2 fully saturated rings. The third-order valence-corrected chi connectivity index (χ3v) is 3.30. The van der Waals surface area contributed by atoms with Gasteiger partial charge in [0, 0.05) is 25.0 Å². The average molecular weight is 212 g/mol. The fraction of sp³-hybridized carbons (Fsp3) is 0.909. The molecule has 4 nitrogen and oxygen atoms in total. The number of carbonyl (C=O) groups excluding carboxylic acids is 1. The molecule has 2 heterocycles. The number of nitrogens with one attached hydrogen (secondary N) is 2. The van der Waals surface area contributed by atoms with Crippen LogP contribution in [-0.4, -0.2) is 38.8 Å². The van der Waals surface area contributed by atoms with Gasteiger partial charge in [-0.2, -0.15) is 0 Å². The Labute approximate surface area is 90.8 Å². The molecule has 15 heavy (non-hydrogen) atoms. The van der Waals surface area contributed by atoms with Gasteiger partial charge in [0.2, 0.25) is 5.91 Å². The Morgan fingerprint density at radius 1 is 1.33 bits per heavy atom. The van der Waals surface area contributed by atoms with Crippen molar-refractivity contribution in [3.63, 3.8) is 0 Å². The summed E-state index contributed by atoms with van der Waals surface area (Å²) < 4.78 is 5.27. The van der Waals surface area contributed by atoms with Crippen LogP contribution in [0.25, 0.3) is 0 Å². The van der Waals surface area contributed by atoms with Crippen LogP contribution >= 0.6 is 0 Å². The minimum Gasteiger partial charge on any atom is -0.381 e. The van der Waals surface area contributed by atoms with Crippen LogP contribution in [0.15, 0.2) is 0 Å². The van der Waals surface area contributed by atoms with Crippen molar-refractivity contribution >= 4 is 5.91 Å². The predicted molar refractivity (Wildman–Crippen MR) is 57.5 cm³/mol. The smallest absolute Gasteiger partial charge is 0.223 e. The number of hydrogen-bond donors (Lipinski definition) is 2. The van der Waals surface area contributed by atoms with E-state index in [1.54, 1.807) is 0 Å². The highest BCUT2D eigenvalue weighted by atomic mass is 16.5. The molecule has 1 atom stereocenters. The zero-order chi connectivity index (χ0) is 10.5. The molecule has 86 valence electrons. The molecule has 0 spiro atoms. The zero-order valence-corrected chi connectivity index (χ0v) is 9.13. The summed E-state index contributed by atoms with van der Waals surface area (Å²) in [6.07, 6.45) is 3.05. The molecular formula is C11H20N2O2. The van der Waals surface area contributed by atoms with Crippen molar-refractivity contribution in [1.82, 2.24) is 10.6 Å². The van der Waals surface area contributed by atoms with E-state index in [4.69, 9.17) is 4.74 Å². The average Bonchev–Trinajstić information content (AvgIpc) is 2.80. The van der Waals surface area contributed by atoms with E-state index in [1.807, 2.05) is 0 Å². The van der Waals surface area contributed by atoms with Crippen LogP contribution in [0.1, 0.15) is 19.3 Å². The number of hydrogen-bond acceptors (Lipinski definition) is 3. The number of carbonyl (C=O) groups is 1. The van der Waals surface area contributed by atoms with Crippen LogP contribution in [-0.2, 0) is 9.53 Å². The highest BCUT2D eigenvalue weighted by Gasteiger charge is 2.22.